The molecule has 2 heterocycles. The van der Waals surface area contributed by atoms with Gasteiger partial charge in [0.25, 0.3) is 0 Å². The van der Waals surface area contributed by atoms with Gasteiger partial charge in [-0.15, -0.1) is 11.3 Å². The zero-order valence-corrected chi connectivity index (χ0v) is 32.8. The third kappa shape index (κ3) is 5.55. The van der Waals surface area contributed by atoms with Crippen molar-refractivity contribution in [3.63, 3.8) is 0 Å². The van der Waals surface area contributed by atoms with Crippen molar-refractivity contribution >= 4 is 92.1 Å². The molecule has 0 saturated heterocycles. The Kier molecular flexibility index (Phi) is 7.75. The molecule has 2 nitrogen and oxygen atoms in total. The first kappa shape index (κ1) is 33.7. The molecule has 12 rings (SSSR count). The lowest BCUT2D eigenvalue weighted by atomic mass is 9.93. The fraction of sp³-hybridized carbons (Fsp3) is 0. The molecule has 0 unspecified atom stereocenters. The predicted molar refractivity (Wildman–Crippen MR) is 253 cm³/mol. The standard InChI is InChI=1S/C56H35NOS/c1-2-11-36(12-3-1)37-21-27-41(28-22-37)57(43-31-25-39(26-32-43)51-35-40-13-4-5-14-44(40)46-15-6-7-16-47(46)51)42-29-23-38(24-30-42)45-18-10-19-48-49-33-34-53-54(56(49)59-55(45)48)50-17-8-9-20-52(50)58-53/h1-35H. The van der Waals surface area contributed by atoms with Crippen LogP contribution in [0.25, 0.3) is 97.0 Å². The average molecular weight is 770 g/mol. The van der Waals surface area contributed by atoms with Crippen LogP contribution in [0.3, 0.4) is 0 Å². The lowest BCUT2D eigenvalue weighted by molar-refractivity contribution is 0.669. The van der Waals surface area contributed by atoms with E-state index in [1.165, 1.54) is 85.9 Å². The number of para-hydroxylation sites is 1. The van der Waals surface area contributed by atoms with Gasteiger partial charge in [-0.25, -0.2) is 0 Å². The minimum Gasteiger partial charge on any atom is -0.456 e. The van der Waals surface area contributed by atoms with E-state index in [0.29, 0.717) is 0 Å². The van der Waals surface area contributed by atoms with Crippen LogP contribution >= 0.6 is 11.3 Å². The van der Waals surface area contributed by atoms with E-state index in [9.17, 15) is 0 Å². The van der Waals surface area contributed by atoms with E-state index in [2.05, 4.69) is 211 Å². The Labute approximate surface area is 345 Å². The van der Waals surface area contributed by atoms with Gasteiger partial charge in [-0.3, -0.25) is 0 Å². The molecule has 0 aliphatic rings. The quantitative estimate of drug-likeness (QED) is 0.157. The van der Waals surface area contributed by atoms with Crippen LogP contribution in [0, 0.1) is 0 Å². The molecule has 2 aromatic heterocycles. The van der Waals surface area contributed by atoms with Gasteiger partial charge < -0.3 is 9.32 Å². The number of anilines is 3. The van der Waals surface area contributed by atoms with Gasteiger partial charge in [0.2, 0.25) is 0 Å². The normalized spacial score (nSPS) is 11.7. The SMILES string of the molecule is c1ccc(-c2ccc(N(c3ccc(-c4cc5ccccc5c5ccccc45)cc3)c3ccc(-c4cccc5c4sc4c5ccc5oc6ccccc6c54)cc3)cc2)cc1. The third-order valence-electron chi connectivity index (χ3n) is 11.9. The molecule has 0 N–H and O–H groups in total. The maximum atomic E-state index is 6.27. The second-order valence-electron chi connectivity index (χ2n) is 15.2. The molecule has 12 aromatic rings. The number of hydrogen-bond donors (Lipinski definition) is 0. The van der Waals surface area contributed by atoms with Crippen molar-refractivity contribution in [3.8, 4) is 33.4 Å². The second-order valence-corrected chi connectivity index (χ2v) is 16.3. The van der Waals surface area contributed by atoms with E-state index < -0.39 is 0 Å². The molecule has 0 fully saturated rings. The van der Waals surface area contributed by atoms with E-state index in [-0.39, 0.29) is 0 Å². The summed E-state index contributed by atoms with van der Waals surface area (Å²) in [5.74, 6) is 0. The molecule has 0 aliphatic carbocycles. The van der Waals surface area contributed by atoms with Crippen molar-refractivity contribution in [2.75, 3.05) is 4.90 Å². The number of fused-ring (bicyclic) bond motifs is 10. The smallest absolute Gasteiger partial charge is 0.136 e. The number of rotatable bonds is 6. The summed E-state index contributed by atoms with van der Waals surface area (Å²) in [6, 6.07) is 76.8. The van der Waals surface area contributed by atoms with Gasteiger partial charge in [0.1, 0.15) is 11.2 Å². The molecule has 0 bridgehead atoms. The molecule has 0 radical (unpaired) electrons. The Hall–Kier alpha value is -7.46. The monoisotopic (exact) mass is 769 g/mol. The Morgan fingerprint density at radius 1 is 0.322 bits per heavy atom. The van der Waals surface area contributed by atoms with Crippen molar-refractivity contribution in [1.82, 2.24) is 0 Å². The Morgan fingerprint density at radius 3 is 1.59 bits per heavy atom. The summed E-state index contributed by atoms with van der Waals surface area (Å²) >= 11 is 1.87. The number of furan rings is 1. The van der Waals surface area contributed by atoms with Gasteiger partial charge in [0.05, 0.1) is 0 Å². The summed E-state index contributed by atoms with van der Waals surface area (Å²) < 4.78 is 8.84. The van der Waals surface area contributed by atoms with Gasteiger partial charge in [0.15, 0.2) is 0 Å². The molecular formula is C56H35NOS. The van der Waals surface area contributed by atoms with E-state index >= 15 is 0 Å². The van der Waals surface area contributed by atoms with Gasteiger partial charge in [-0.1, -0.05) is 152 Å². The Morgan fingerprint density at radius 2 is 0.864 bits per heavy atom. The van der Waals surface area contributed by atoms with Crippen LogP contribution in [0.5, 0.6) is 0 Å². The molecule has 0 saturated carbocycles. The van der Waals surface area contributed by atoms with Crippen molar-refractivity contribution in [1.29, 1.82) is 0 Å². The summed E-state index contributed by atoms with van der Waals surface area (Å²) in [6.45, 7) is 0. The molecule has 3 heteroatoms. The maximum Gasteiger partial charge on any atom is 0.136 e. The lowest BCUT2D eigenvalue weighted by Gasteiger charge is -2.26. The largest absolute Gasteiger partial charge is 0.456 e. The summed E-state index contributed by atoms with van der Waals surface area (Å²) in [5, 5.41) is 9.99. The first-order valence-electron chi connectivity index (χ1n) is 20.1. The lowest BCUT2D eigenvalue weighted by Crippen LogP contribution is -2.09. The van der Waals surface area contributed by atoms with Crippen LogP contribution in [-0.2, 0) is 0 Å². The molecule has 59 heavy (non-hydrogen) atoms. The molecule has 0 atom stereocenters. The Balaban J connectivity index is 0.962. The van der Waals surface area contributed by atoms with Crippen LogP contribution in [-0.4, -0.2) is 0 Å². The average Bonchev–Trinajstić information content (AvgIpc) is 3.89. The van der Waals surface area contributed by atoms with Crippen molar-refractivity contribution in [2.24, 2.45) is 0 Å². The zero-order chi connectivity index (χ0) is 38.9. The molecule has 276 valence electrons. The molecule has 0 amide bonds. The summed E-state index contributed by atoms with van der Waals surface area (Å²) in [6.07, 6.45) is 0. The highest BCUT2D eigenvalue weighted by molar-refractivity contribution is 7.27. The second kappa shape index (κ2) is 13.6. The molecular weight excluding hydrogens is 735 g/mol. The highest BCUT2D eigenvalue weighted by Crippen LogP contribution is 2.46. The van der Waals surface area contributed by atoms with Gasteiger partial charge >= 0.3 is 0 Å². The van der Waals surface area contributed by atoms with Gasteiger partial charge in [-0.2, -0.15) is 0 Å². The summed E-state index contributed by atoms with van der Waals surface area (Å²) in [4.78, 5) is 2.36. The summed E-state index contributed by atoms with van der Waals surface area (Å²) in [7, 11) is 0. The number of nitrogens with zero attached hydrogens (tertiary/aromatic N) is 1. The van der Waals surface area contributed by atoms with Crippen LogP contribution in [0.15, 0.2) is 217 Å². The van der Waals surface area contributed by atoms with E-state index in [4.69, 9.17) is 4.42 Å². The molecule has 0 spiro atoms. The first-order valence-corrected chi connectivity index (χ1v) is 20.9. The Bertz CT molecular complexity index is 3530. The van der Waals surface area contributed by atoms with Gasteiger partial charge in [0, 0.05) is 48.0 Å². The fourth-order valence-corrected chi connectivity index (χ4v) is 10.4. The molecule has 10 aromatic carbocycles. The van der Waals surface area contributed by atoms with Crippen LogP contribution in [0.4, 0.5) is 17.1 Å². The minimum atomic E-state index is 0.930. The van der Waals surface area contributed by atoms with E-state index in [1.807, 2.05) is 17.4 Å². The molecule has 0 aliphatic heterocycles. The number of hydrogen-bond acceptors (Lipinski definition) is 3. The van der Waals surface area contributed by atoms with Gasteiger partial charge in [-0.05, 0) is 116 Å². The number of benzene rings is 10. The minimum absolute atomic E-state index is 0.930. The zero-order valence-electron chi connectivity index (χ0n) is 32.0. The summed E-state index contributed by atoms with van der Waals surface area (Å²) in [5.41, 5.74) is 12.4. The topological polar surface area (TPSA) is 16.4 Å². The van der Waals surface area contributed by atoms with Crippen LogP contribution < -0.4 is 4.90 Å². The van der Waals surface area contributed by atoms with E-state index in [0.717, 1.165) is 28.2 Å². The highest BCUT2D eigenvalue weighted by Gasteiger charge is 2.18. The third-order valence-corrected chi connectivity index (χ3v) is 13.2. The maximum absolute atomic E-state index is 6.27. The first-order chi connectivity index (χ1) is 29.2. The van der Waals surface area contributed by atoms with Crippen molar-refractivity contribution < 1.29 is 4.42 Å². The predicted octanol–water partition coefficient (Wildman–Crippen LogP) is 16.7. The highest BCUT2D eigenvalue weighted by atomic mass is 32.1. The van der Waals surface area contributed by atoms with Crippen LogP contribution in [0.2, 0.25) is 0 Å². The number of thiophene rings is 1. The van der Waals surface area contributed by atoms with E-state index in [1.54, 1.807) is 0 Å². The van der Waals surface area contributed by atoms with Crippen molar-refractivity contribution in [3.05, 3.63) is 212 Å². The van der Waals surface area contributed by atoms with Crippen molar-refractivity contribution in [2.45, 2.75) is 0 Å². The van der Waals surface area contributed by atoms with Crippen LogP contribution in [0.1, 0.15) is 0 Å². The fourth-order valence-electron chi connectivity index (χ4n) is 9.05.